The molecule has 0 atom stereocenters. The second-order valence-electron chi connectivity index (χ2n) is 5.06. The van der Waals surface area contributed by atoms with Crippen LogP contribution in [0.15, 0.2) is 24.4 Å². The normalized spacial score (nSPS) is 11.1. The zero-order chi connectivity index (χ0) is 14.7. The summed E-state index contributed by atoms with van der Waals surface area (Å²) in [7, 11) is 1.79. The molecule has 0 aliphatic heterocycles. The predicted octanol–water partition coefficient (Wildman–Crippen LogP) is 2.01. The Morgan fingerprint density at radius 3 is 2.75 bits per heavy atom. The maximum atomic E-state index is 12.4. The van der Waals surface area contributed by atoms with E-state index in [9.17, 15) is 4.79 Å². The Hall–Kier alpha value is -2.11. The number of carbonyl (C=O) groups is 1. The quantitative estimate of drug-likeness (QED) is 0.857. The first-order chi connectivity index (χ1) is 9.54. The van der Waals surface area contributed by atoms with Gasteiger partial charge in [-0.2, -0.15) is 0 Å². The molecule has 2 aromatic heterocycles. The molecule has 0 fully saturated rings. The van der Waals surface area contributed by atoms with Gasteiger partial charge in [-0.1, -0.05) is 6.07 Å². The van der Waals surface area contributed by atoms with Crippen molar-refractivity contribution in [2.45, 2.75) is 33.4 Å². The van der Waals surface area contributed by atoms with Crippen molar-refractivity contribution in [3.63, 3.8) is 0 Å². The Bertz CT molecular complexity index is 592. The van der Waals surface area contributed by atoms with Crippen LogP contribution in [0, 0.1) is 0 Å². The molecule has 2 rings (SSSR count). The minimum absolute atomic E-state index is 0.00943. The first kappa shape index (κ1) is 14.3. The van der Waals surface area contributed by atoms with Crippen molar-refractivity contribution in [3.05, 3.63) is 30.2 Å². The maximum absolute atomic E-state index is 12.4. The van der Waals surface area contributed by atoms with E-state index in [0.29, 0.717) is 13.1 Å². The number of rotatable bonds is 4. The number of carbonyl (C=O) groups excluding carboxylic acids is 1. The molecule has 2 amide bonds. The van der Waals surface area contributed by atoms with Gasteiger partial charge in [0.2, 0.25) is 0 Å². The lowest BCUT2D eigenvalue weighted by atomic mass is 10.3. The van der Waals surface area contributed by atoms with Crippen LogP contribution in [0.25, 0.3) is 5.65 Å². The standard InChI is InChI=1S/C14H21N5O/c1-5-18(11(2)3)14(20)17(4)10-13-16-15-12-8-6-7-9-19(12)13/h6-9,11H,5,10H2,1-4H3. The maximum Gasteiger partial charge on any atom is 0.320 e. The van der Waals surface area contributed by atoms with Gasteiger partial charge in [0, 0.05) is 25.8 Å². The van der Waals surface area contributed by atoms with E-state index in [1.165, 1.54) is 0 Å². The number of nitrogens with zero attached hydrogens (tertiary/aromatic N) is 5. The van der Waals surface area contributed by atoms with E-state index in [2.05, 4.69) is 10.2 Å². The van der Waals surface area contributed by atoms with Gasteiger partial charge in [-0.3, -0.25) is 4.40 Å². The van der Waals surface area contributed by atoms with Crippen molar-refractivity contribution in [2.75, 3.05) is 13.6 Å². The fraction of sp³-hybridized carbons (Fsp3) is 0.500. The van der Waals surface area contributed by atoms with Crippen LogP contribution in [0.2, 0.25) is 0 Å². The van der Waals surface area contributed by atoms with Gasteiger partial charge in [-0.25, -0.2) is 4.79 Å². The Labute approximate surface area is 119 Å². The summed E-state index contributed by atoms with van der Waals surface area (Å²) >= 11 is 0. The van der Waals surface area contributed by atoms with Crippen LogP contribution < -0.4 is 0 Å². The molecule has 2 heterocycles. The summed E-state index contributed by atoms with van der Waals surface area (Å²) in [6, 6.07) is 5.93. The number of hydrogen-bond donors (Lipinski definition) is 0. The second kappa shape index (κ2) is 5.90. The van der Waals surface area contributed by atoms with Crippen LogP contribution in [0.1, 0.15) is 26.6 Å². The first-order valence-electron chi connectivity index (χ1n) is 6.85. The number of hydrogen-bond acceptors (Lipinski definition) is 3. The molecule has 0 N–H and O–H groups in total. The van der Waals surface area contributed by atoms with Crippen molar-refractivity contribution in [1.82, 2.24) is 24.4 Å². The summed E-state index contributed by atoms with van der Waals surface area (Å²) in [6.45, 7) is 7.15. The molecule has 0 radical (unpaired) electrons. The zero-order valence-electron chi connectivity index (χ0n) is 12.4. The van der Waals surface area contributed by atoms with Gasteiger partial charge < -0.3 is 9.80 Å². The van der Waals surface area contributed by atoms with Crippen molar-refractivity contribution in [2.24, 2.45) is 0 Å². The van der Waals surface area contributed by atoms with E-state index >= 15 is 0 Å². The van der Waals surface area contributed by atoms with Crippen molar-refractivity contribution in [3.8, 4) is 0 Å². The van der Waals surface area contributed by atoms with Gasteiger partial charge >= 0.3 is 6.03 Å². The lowest BCUT2D eigenvalue weighted by Gasteiger charge is -2.29. The molecule has 0 saturated heterocycles. The SMILES string of the molecule is CCN(C(=O)N(C)Cc1nnc2ccccn12)C(C)C. The van der Waals surface area contributed by atoms with Gasteiger partial charge in [-0.05, 0) is 32.9 Å². The number of aromatic nitrogens is 3. The molecule has 0 bridgehead atoms. The first-order valence-corrected chi connectivity index (χ1v) is 6.85. The number of amides is 2. The van der Waals surface area contributed by atoms with E-state index in [0.717, 1.165) is 11.5 Å². The predicted molar refractivity (Wildman–Crippen MR) is 77.4 cm³/mol. The van der Waals surface area contributed by atoms with Gasteiger partial charge in [0.15, 0.2) is 11.5 Å². The zero-order valence-corrected chi connectivity index (χ0v) is 12.4. The molecule has 6 nitrogen and oxygen atoms in total. The van der Waals surface area contributed by atoms with E-state index < -0.39 is 0 Å². The summed E-state index contributed by atoms with van der Waals surface area (Å²) < 4.78 is 1.90. The van der Waals surface area contributed by atoms with Crippen LogP contribution in [-0.4, -0.2) is 50.1 Å². The Morgan fingerprint density at radius 2 is 2.10 bits per heavy atom. The molecule has 0 aliphatic carbocycles. The highest BCUT2D eigenvalue weighted by molar-refractivity contribution is 5.74. The summed E-state index contributed by atoms with van der Waals surface area (Å²) in [5.74, 6) is 0.760. The van der Waals surface area contributed by atoms with Crippen molar-refractivity contribution >= 4 is 11.7 Å². The lowest BCUT2D eigenvalue weighted by molar-refractivity contribution is 0.149. The van der Waals surface area contributed by atoms with Crippen LogP contribution in [0.5, 0.6) is 0 Å². The molecule has 6 heteroatoms. The highest BCUT2D eigenvalue weighted by atomic mass is 16.2. The summed E-state index contributed by atoms with van der Waals surface area (Å²) in [4.78, 5) is 15.9. The molecule has 0 aromatic carbocycles. The summed E-state index contributed by atoms with van der Waals surface area (Å²) in [6.07, 6.45) is 1.91. The molecular weight excluding hydrogens is 254 g/mol. The van der Waals surface area contributed by atoms with Gasteiger partial charge in [0.1, 0.15) is 0 Å². The highest BCUT2D eigenvalue weighted by Gasteiger charge is 2.20. The van der Waals surface area contributed by atoms with E-state index in [4.69, 9.17) is 0 Å². The summed E-state index contributed by atoms with van der Waals surface area (Å²) in [5.41, 5.74) is 0.791. The van der Waals surface area contributed by atoms with E-state index in [1.807, 2.05) is 54.5 Å². The van der Waals surface area contributed by atoms with Gasteiger partial charge in [0.05, 0.1) is 6.54 Å². The minimum Gasteiger partial charge on any atom is -0.323 e. The third kappa shape index (κ3) is 2.74. The van der Waals surface area contributed by atoms with Gasteiger partial charge in [0.25, 0.3) is 0 Å². The third-order valence-electron chi connectivity index (χ3n) is 3.30. The Balaban J connectivity index is 2.15. The molecule has 0 spiro atoms. The summed E-state index contributed by atoms with van der Waals surface area (Å²) in [5, 5.41) is 8.24. The average Bonchev–Trinajstić information content (AvgIpc) is 2.82. The van der Waals surface area contributed by atoms with Crippen molar-refractivity contribution < 1.29 is 4.79 Å². The smallest absolute Gasteiger partial charge is 0.320 e. The van der Waals surface area contributed by atoms with E-state index in [-0.39, 0.29) is 12.1 Å². The fourth-order valence-corrected chi connectivity index (χ4v) is 2.22. The molecule has 2 aromatic rings. The minimum atomic E-state index is 0.00943. The largest absolute Gasteiger partial charge is 0.323 e. The third-order valence-corrected chi connectivity index (χ3v) is 3.30. The molecule has 0 aliphatic rings. The molecular formula is C14H21N5O. The lowest BCUT2D eigenvalue weighted by Crippen LogP contribution is -2.44. The number of pyridine rings is 1. The van der Waals surface area contributed by atoms with Crippen LogP contribution in [-0.2, 0) is 6.54 Å². The molecule has 0 unspecified atom stereocenters. The second-order valence-corrected chi connectivity index (χ2v) is 5.06. The Morgan fingerprint density at radius 1 is 1.35 bits per heavy atom. The van der Waals surface area contributed by atoms with Crippen molar-refractivity contribution in [1.29, 1.82) is 0 Å². The molecule has 108 valence electrons. The van der Waals surface area contributed by atoms with E-state index in [1.54, 1.807) is 11.9 Å². The van der Waals surface area contributed by atoms with Crippen LogP contribution in [0.4, 0.5) is 4.79 Å². The number of urea groups is 1. The topological polar surface area (TPSA) is 53.7 Å². The van der Waals surface area contributed by atoms with Crippen LogP contribution in [0.3, 0.4) is 0 Å². The Kier molecular flexibility index (Phi) is 4.22. The monoisotopic (exact) mass is 275 g/mol. The number of fused-ring (bicyclic) bond motifs is 1. The van der Waals surface area contributed by atoms with Crippen LogP contribution >= 0.6 is 0 Å². The average molecular weight is 275 g/mol. The fourth-order valence-electron chi connectivity index (χ4n) is 2.22. The van der Waals surface area contributed by atoms with Gasteiger partial charge in [-0.15, -0.1) is 10.2 Å². The molecule has 0 saturated carbocycles. The highest BCUT2D eigenvalue weighted by Crippen LogP contribution is 2.08. The molecule has 20 heavy (non-hydrogen) atoms.